The second-order valence-corrected chi connectivity index (χ2v) is 8.73. The first-order chi connectivity index (χ1) is 14.3. The van der Waals surface area contributed by atoms with Crippen LogP contribution in [0, 0.1) is 5.92 Å². The predicted octanol–water partition coefficient (Wildman–Crippen LogP) is -1.09. The van der Waals surface area contributed by atoms with E-state index in [1.165, 1.54) is 4.90 Å². The lowest BCUT2D eigenvalue weighted by Gasteiger charge is -2.29. The minimum atomic E-state index is -4.82. The van der Waals surface area contributed by atoms with Crippen LogP contribution in [0.5, 0.6) is 0 Å². The Balaban J connectivity index is 1.22. The van der Waals surface area contributed by atoms with Crippen LogP contribution in [0.1, 0.15) is 19.3 Å². The number of piperidine rings is 1. The van der Waals surface area contributed by atoms with E-state index in [9.17, 15) is 18.0 Å². The summed E-state index contributed by atoms with van der Waals surface area (Å²) < 4.78 is 36.9. The monoisotopic (exact) mass is 444 g/mol. The average Bonchev–Trinajstić information content (AvgIpc) is 3.40. The molecule has 2 unspecified atom stereocenters. The molecule has 3 saturated heterocycles. The van der Waals surface area contributed by atoms with Gasteiger partial charge in [-0.05, 0) is 31.2 Å². The molecule has 4 heterocycles. The van der Waals surface area contributed by atoms with E-state index in [1.807, 2.05) is 16.9 Å². The van der Waals surface area contributed by atoms with Crippen molar-refractivity contribution in [3.05, 3.63) is 18.5 Å². The Hall–Kier alpha value is -2.26. The van der Waals surface area contributed by atoms with Crippen LogP contribution in [0.2, 0.25) is 0 Å². The van der Waals surface area contributed by atoms with Crippen molar-refractivity contribution in [2.75, 3.05) is 19.7 Å². The number of nitrogens with zero attached hydrogens (tertiary/aromatic N) is 4. The Labute approximate surface area is 173 Å². The maximum Gasteiger partial charge on any atom is 0.418 e. The van der Waals surface area contributed by atoms with E-state index in [0.717, 1.165) is 19.5 Å². The van der Waals surface area contributed by atoms with Gasteiger partial charge in [0.05, 0.1) is 12.6 Å². The summed E-state index contributed by atoms with van der Waals surface area (Å²) >= 11 is 0. The summed E-state index contributed by atoms with van der Waals surface area (Å²) in [4.78, 5) is 31.4. The number of hydrogen-bond donors (Lipinski definition) is 3. The standard InChI is InChI=1S/C16H24N6O7S/c23-15(14-3-2-13-9-21(14)16(24)22(13)29-30(25,26)27)19-28-10-12-6-11(7-17-12)8-20-5-1-4-18-20/h1,4-5,11-14,17H,2-3,6-10H2,(H,19,23)(H,25,26,27)/t11-,12+,13?,14?/m0/s1. The minimum Gasteiger partial charge on any atom is -0.311 e. The first kappa shape index (κ1) is 21.0. The number of aromatic nitrogens is 2. The fourth-order valence-corrected chi connectivity index (χ4v) is 4.62. The summed E-state index contributed by atoms with van der Waals surface area (Å²) in [7, 11) is -4.82. The summed E-state index contributed by atoms with van der Waals surface area (Å²) in [6, 6.07) is -0.153. The van der Waals surface area contributed by atoms with Gasteiger partial charge in [-0.15, -0.1) is 4.28 Å². The van der Waals surface area contributed by atoms with Crippen molar-refractivity contribution in [2.24, 2.45) is 5.92 Å². The smallest absolute Gasteiger partial charge is 0.311 e. The van der Waals surface area contributed by atoms with Crippen LogP contribution in [-0.2, 0) is 30.9 Å². The number of rotatable bonds is 8. The highest BCUT2D eigenvalue weighted by Gasteiger charge is 2.49. The highest BCUT2D eigenvalue weighted by Crippen LogP contribution is 2.30. The maximum atomic E-state index is 12.5. The molecule has 0 aromatic carbocycles. The van der Waals surface area contributed by atoms with E-state index in [-0.39, 0.29) is 19.2 Å². The van der Waals surface area contributed by atoms with Gasteiger partial charge in [0.2, 0.25) is 0 Å². The molecular weight excluding hydrogens is 420 g/mol. The molecule has 1 aromatic heterocycles. The third-order valence-corrected chi connectivity index (χ3v) is 5.92. The molecule has 30 heavy (non-hydrogen) atoms. The van der Waals surface area contributed by atoms with Crippen LogP contribution in [-0.4, -0.2) is 82.5 Å². The molecule has 166 valence electrons. The molecule has 0 aliphatic carbocycles. The molecule has 3 aliphatic rings. The summed E-state index contributed by atoms with van der Waals surface area (Å²) in [6.07, 6.45) is 5.22. The molecule has 3 N–H and O–H groups in total. The van der Waals surface area contributed by atoms with E-state index in [2.05, 4.69) is 20.2 Å². The van der Waals surface area contributed by atoms with Gasteiger partial charge in [0.1, 0.15) is 6.04 Å². The summed E-state index contributed by atoms with van der Waals surface area (Å²) in [5, 5.41) is 8.15. The second-order valence-electron chi connectivity index (χ2n) is 7.72. The summed E-state index contributed by atoms with van der Waals surface area (Å²) in [5.41, 5.74) is 2.39. The number of hydrogen-bond acceptors (Lipinski definition) is 8. The van der Waals surface area contributed by atoms with Gasteiger partial charge >= 0.3 is 16.4 Å². The number of nitrogens with one attached hydrogen (secondary N) is 2. The molecule has 0 saturated carbocycles. The predicted molar refractivity (Wildman–Crippen MR) is 99.6 cm³/mol. The molecule has 13 nitrogen and oxygen atoms in total. The molecule has 14 heteroatoms. The van der Waals surface area contributed by atoms with Crippen LogP contribution >= 0.6 is 0 Å². The van der Waals surface area contributed by atoms with E-state index in [1.54, 1.807) is 6.20 Å². The highest BCUT2D eigenvalue weighted by molar-refractivity contribution is 7.80. The van der Waals surface area contributed by atoms with Crippen LogP contribution in [0.3, 0.4) is 0 Å². The number of urea groups is 1. The number of carbonyl (C=O) groups is 2. The molecule has 3 amide bonds. The Morgan fingerprint density at radius 3 is 2.97 bits per heavy atom. The highest BCUT2D eigenvalue weighted by atomic mass is 32.3. The molecule has 4 atom stereocenters. The van der Waals surface area contributed by atoms with E-state index >= 15 is 0 Å². The van der Waals surface area contributed by atoms with Crippen molar-refractivity contribution in [3.63, 3.8) is 0 Å². The third-order valence-electron chi connectivity index (χ3n) is 5.57. The topological polar surface area (TPSA) is 155 Å². The molecule has 3 aliphatic heterocycles. The minimum absolute atomic E-state index is 0.0914. The SMILES string of the molecule is O=C(NOC[C@H]1C[C@H](Cn2cccn2)CN1)C1CCC2CN1C(=O)N2OS(=O)(=O)O. The quantitative estimate of drug-likeness (QED) is 0.335. The molecule has 3 fully saturated rings. The second kappa shape index (κ2) is 8.47. The fourth-order valence-electron chi connectivity index (χ4n) is 4.23. The van der Waals surface area contributed by atoms with E-state index < -0.39 is 34.4 Å². The van der Waals surface area contributed by atoms with Crippen LogP contribution < -0.4 is 10.8 Å². The zero-order chi connectivity index (χ0) is 21.3. The Bertz CT molecular complexity index is 879. The largest absolute Gasteiger partial charge is 0.418 e. The molecular formula is C16H24N6O7S. The van der Waals surface area contributed by atoms with Gasteiger partial charge < -0.3 is 10.2 Å². The lowest BCUT2D eigenvalue weighted by atomic mass is 10.0. The number of carbonyl (C=O) groups excluding carboxylic acids is 2. The van der Waals surface area contributed by atoms with Gasteiger partial charge in [0.15, 0.2) is 0 Å². The normalized spacial score (nSPS) is 28.9. The third kappa shape index (κ3) is 4.73. The van der Waals surface area contributed by atoms with Crippen molar-refractivity contribution >= 4 is 22.3 Å². The van der Waals surface area contributed by atoms with Crippen molar-refractivity contribution in [2.45, 2.75) is 43.9 Å². The van der Waals surface area contributed by atoms with Gasteiger partial charge in [0, 0.05) is 38.1 Å². The van der Waals surface area contributed by atoms with E-state index in [0.29, 0.717) is 23.8 Å². The molecule has 2 bridgehead atoms. The molecule has 1 aromatic rings. The molecule has 0 spiro atoms. The van der Waals surface area contributed by atoms with Crippen molar-refractivity contribution < 1.29 is 31.7 Å². The lowest BCUT2D eigenvalue weighted by Crippen LogP contribution is -2.50. The van der Waals surface area contributed by atoms with Crippen LogP contribution in [0.15, 0.2) is 18.5 Å². The fraction of sp³-hybridized carbons (Fsp3) is 0.688. The van der Waals surface area contributed by atoms with Gasteiger partial charge in [0.25, 0.3) is 5.91 Å². The van der Waals surface area contributed by atoms with E-state index in [4.69, 9.17) is 9.39 Å². The van der Waals surface area contributed by atoms with Gasteiger partial charge in [-0.2, -0.15) is 18.6 Å². The van der Waals surface area contributed by atoms with Gasteiger partial charge in [-0.3, -0.25) is 18.9 Å². The van der Waals surface area contributed by atoms with Crippen molar-refractivity contribution in [3.8, 4) is 0 Å². The average molecular weight is 444 g/mol. The van der Waals surface area contributed by atoms with Crippen molar-refractivity contribution in [1.29, 1.82) is 0 Å². The zero-order valence-electron chi connectivity index (χ0n) is 16.1. The Morgan fingerprint density at radius 1 is 1.40 bits per heavy atom. The number of fused-ring (bicyclic) bond motifs is 2. The summed E-state index contributed by atoms with van der Waals surface area (Å²) in [5.74, 6) is -0.0675. The van der Waals surface area contributed by atoms with Crippen LogP contribution in [0.4, 0.5) is 4.79 Å². The zero-order valence-corrected chi connectivity index (χ0v) is 16.9. The Morgan fingerprint density at radius 2 is 2.23 bits per heavy atom. The number of amides is 3. The maximum absolute atomic E-state index is 12.5. The van der Waals surface area contributed by atoms with Gasteiger partial charge in [-0.25, -0.2) is 10.3 Å². The molecule has 4 rings (SSSR count). The van der Waals surface area contributed by atoms with Crippen LogP contribution in [0.25, 0.3) is 0 Å². The first-order valence-corrected chi connectivity index (χ1v) is 11.1. The van der Waals surface area contributed by atoms with Crippen molar-refractivity contribution in [1.82, 2.24) is 30.5 Å². The number of hydroxylamine groups is 3. The lowest BCUT2D eigenvalue weighted by molar-refractivity contribution is -0.139. The molecule has 0 radical (unpaired) electrons. The first-order valence-electron chi connectivity index (χ1n) is 9.69. The Kier molecular flexibility index (Phi) is 5.92. The summed E-state index contributed by atoms with van der Waals surface area (Å²) in [6.45, 7) is 2.05. The van der Waals surface area contributed by atoms with Gasteiger partial charge in [-0.1, -0.05) is 0 Å².